The second-order valence-electron chi connectivity index (χ2n) is 2.50. The smallest absolute Gasteiger partial charge is 0.252 e. The number of rotatable bonds is 1. The number of hydrogen-bond donors (Lipinski definition) is 3. The minimum Gasteiger partial charge on any atom is -0.503 e. The highest BCUT2D eigenvalue weighted by atomic mass is 35.5. The highest BCUT2D eigenvalue weighted by molar-refractivity contribution is 6.38. The topological polar surface area (TPSA) is 69.6 Å². The largest absolute Gasteiger partial charge is 0.503 e. The van der Waals surface area contributed by atoms with E-state index in [1.54, 1.807) is 0 Å². The number of benzene rings is 1. The SMILES string of the molecule is CNC(=O)c1cc(Cl)c(O)c(O)c1Cl. The van der Waals surface area contributed by atoms with Crippen LogP contribution in [0.2, 0.25) is 10.0 Å². The zero-order valence-corrected chi connectivity index (χ0v) is 8.65. The molecule has 0 aromatic heterocycles. The Bertz CT molecular complexity index is 393. The number of phenolic OH excluding ortho intramolecular Hbond substituents is 2. The second kappa shape index (κ2) is 3.94. The third-order valence-corrected chi connectivity index (χ3v) is 2.31. The Morgan fingerprint density at radius 3 is 2.43 bits per heavy atom. The minimum atomic E-state index is -0.599. The number of aromatic hydroxyl groups is 2. The Morgan fingerprint density at radius 1 is 1.36 bits per heavy atom. The van der Waals surface area contributed by atoms with Crippen LogP contribution in [0, 0.1) is 0 Å². The highest BCUT2D eigenvalue weighted by Gasteiger charge is 2.18. The van der Waals surface area contributed by atoms with Crippen LogP contribution in [-0.4, -0.2) is 23.2 Å². The van der Waals surface area contributed by atoms with Crippen molar-refractivity contribution in [2.45, 2.75) is 0 Å². The maximum Gasteiger partial charge on any atom is 0.252 e. The molecule has 1 amide bonds. The number of hydrogen-bond acceptors (Lipinski definition) is 3. The molecule has 3 N–H and O–H groups in total. The highest BCUT2D eigenvalue weighted by Crippen LogP contribution is 2.41. The summed E-state index contributed by atoms with van der Waals surface area (Å²) >= 11 is 11.2. The van der Waals surface area contributed by atoms with Gasteiger partial charge in [0.1, 0.15) is 0 Å². The van der Waals surface area contributed by atoms with Crippen LogP contribution in [0.25, 0.3) is 0 Å². The fraction of sp³-hybridized carbons (Fsp3) is 0.125. The van der Waals surface area contributed by atoms with Crippen LogP contribution in [0.15, 0.2) is 6.07 Å². The Hall–Kier alpha value is -1.13. The number of carbonyl (C=O) groups is 1. The first-order chi connectivity index (χ1) is 6.49. The molecule has 6 heteroatoms. The monoisotopic (exact) mass is 235 g/mol. The van der Waals surface area contributed by atoms with E-state index < -0.39 is 17.4 Å². The molecule has 0 radical (unpaired) electrons. The van der Waals surface area contributed by atoms with Gasteiger partial charge in [0.2, 0.25) is 0 Å². The average Bonchev–Trinajstić information content (AvgIpc) is 2.19. The lowest BCUT2D eigenvalue weighted by Gasteiger charge is -2.07. The van der Waals surface area contributed by atoms with E-state index in [4.69, 9.17) is 28.3 Å². The van der Waals surface area contributed by atoms with E-state index in [0.29, 0.717) is 0 Å². The van der Waals surface area contributed by atoms with Crippen LogP contribution in [-0.2, 0) is 0 Å². The number of halogens is 2. The Balaban J connectivity index is 3.40. The van der Waals surface area contributed by atoms with Crippen molar-refractivity contribution >= 4 is 29.1 Å². The summed E-state index contributed by atoms with van der Waals surface area (Å²) in [4.78, 5) is 11.2. The third kappa shape index (κ3) is 1.71. The summed E-state index contributed by atoms with van der Waals surface area (Å²) in [6.45, 7) is 0. The van der Waals surface area contributed by atoms with Crippen LogP contribution in [0.5, 0.6) is 11.5 Å². The van der Waals surface area contributed by atoms with E-state index in [-0.39, 0.29) is 15.6 Å². The van der Waals surface area contributed by atoms with Crippen LogP contribution in [0.4, 0.5) is 0 Å². The number of nitrogens with one attached hydrogen (secondary N) is 1. The molecule has 0 bridgehead atoms. The molecule has 0 saturated heterocycles. The lowest BCUT2D eigenvalue weighted by Crippen LogP contribution is -2.18. The van der Waals surface area contributed by atoms with Crippen molar-refractivity contribution in [2.24, 2.45) is 0 Å². The van der Waals surface area contributed by atoms with Gasteiger partial charge in [0.05, 0.1) is 15.6 Å². The lowest BCUT2D eigenvalue weighted by atomic mass is 10.2. The fourth-order valence-electron chi connectivity index (χ4n) is 0.903. The summed E-state index contributed by atoms with van der Waals surface area (Å²) in [5, 5.41) is 20.4. The maximum absolute atomic E-state index is 11.2. The molecule has 0 aliphatic carbocycles. The van der Waals surface area contributed by atoms with Gasteiger partial charge < -0.3 is 15.5 Å². The molecule has 0 heterocycles. The predicted octanol–water partition coefficient (Wildman–Crippen LogP) is 1.76. The Labute approximate surface area is 90.1 Å². The standard InChI is InChI=1S/C8H7Cl2NO3/c1-11-8(14)3-2-4(9)6(12)7(13)5(3)10/h2,12-13H,1H3,(H,11,14). The molecule has 1 rings (SSSR count). The quantitative estimate of drug-likeness (QED) is 0.650. The molecule has 1 aromatic carbocycles. The molecule has 1 aromatic rings. The molecule has 76 valence electrons. The molecular formula is C8H7Cl2NO3. The minimum absolute atomic E-state index is 0.00877. The first-order valence-corrected chi connectivity index (χ1v) is 4.36. The molecule has 0 fully saturated rings. The van der Waals surface area contributed by atoms with Gasteiger partial charge in [0.25, 0.3) is 5.91 Å². The molecule has 0 saturated carbocycles. The molecule has 0 aliphatic rings. The average molecular weight is 236 g/mol. The first-order valence-electron chi connectivity index (χ1n) is 3.61. The summed E-state index contributed by atoms with van der Waals surface area (Å²) in [5.41, 5.74) is 0.00877. The summed E-state index contributed by atoms with van der Waals surface area (Å²) in [6.07, 6.45) is 0. The van der Waals surface area contributed by atoms with Gasteiger partial charge in [-0.3, -0.25) is 4.79 Å². The van der Waals surface area contributed by atoms with E-state index in [0.717, 1.165) is 0 Å². The summed E-state index contributed by atoms with van der Waals surface area (Å²) in [5.74, 6) is -1.63. The maximum atomic E-state index is 11.2. The summed E-state index contributed by atoms with van der Waals surface area (Å²) in [6, 6.07) is 1.18. The van der Waals surface area contributed by atoms with Crippen LogP contribution in [0.1, 0.15) is 10.4 Å². The number of phenols is 2. The van der Waals surface area contributed by atoms with Gasteiger partial charge in [0.15, 0.2) is 11.5 Å². The first kappa shape index (κ1) is 10.9. The van der Waals surface area contributed by atoms with Gasteiger partial charge in [-0.05, 0) is 6.07 Å². The van der Waals surface area contributed by atoms with Gasteiger partial charge in [0, 0.05) is 7.05 Å². The van der Waals surface area contributed by atoms with Crippen LogP contribution >= 0.6 is 23.2 Å². The Kier molecular flexibility index (Phi) is 3.08. The van der Waals surface area contributed by atoms with Crippen molar-refractivity contribution in [1.82, 2.24) is 5.32 Å². The molecule has 0 spiro atoms. The molecule has 0 aliphatic heterocycles. The van der Waals surface area contributed by atoms with Crippen molar-refractivity contribution in [3.63, 3.8) is 0 Å². The zero-order chi connectivity index (χ0) is 10.9. The predicted molar refractivity (Wildman–Crippen MR) is 53.2 cm³/mol. The fourth-order valence-corrected chi connectivity index (χ4v) is 1.33. The number of carbonyl (C=O) groups excluding carboxylic acids is 1. The number of amides is 1. The second-order valence-corrected chi connectivity index (χ2v) is 3.28. The van der Waals surface area contributed by atoms with Gasteiger partial charge in [-0.15, -0.1) is 0 Å². The lowest BCUT2D eigenvalue weighted by molar-refractivity contribution is 0.0963. The molecule has 4 nitrogen and oxygen atoms in total. The zero-order valence-electron chi connectivity index (χ0n) is 7.14. The normalized spacial score (nSPS) is 9.93. The van der Waals surface area contributed by atoms with E-state index in [1.165, 1.54) is 13.1 Å². The van der Waals surface area contributed by atoms with Gasteiger partial charge in [-0.1, -0.05) is 23.2 Å². The van der Waals surface area contributed by atoms with Crippen molar-refractivity contribution < 1.29 is 15.0 Å². The van der Waals surface area contributed by atoms with Gasteiger partial charge in [-0.25, -0.2) is 0 Å². The molecule has 0 unspecified atom stereocenters. The molecule has 14 heavy (non-hydrogen) atoms. The van der Waals surface area contributed by atoms with E-state index in [1.807, 2.05) is 0 Å². The summed E-state index contributed by atoms with van der Waals surface area (Å²) in [7, 11) is 1.41. The molecular weight excluding hydrogens is 229 g/mol. The van der Waals surface area contributed by atoms with E-state index >= 15 is 0 Å². The van der Waals surface area contributed by atoms with Crippen LogP contribution < -0.4 is 5.32 Å². The van der Waals surface area contributed by atoms with Gasteiger partial charge >= 0.3 is 0 Å². The van der Waals surface area contributed by atoms with Crippen molar-refractivity contribution in [1.29, 1.82) is 0 Å². The summed E-state index contributed by atoms with van der Waals surface area (Å²) < 4.78 is 0. The Morgan fingerprint density at radius 2 is 1.93 bits per heavy atom. The third-order valence-electron chi connectivity index (χ3n) is 1.64. The van der Waals surface area contributed by atoms with E-state index in [2.05, 4.69) is 5.32 Å². The van der Waals surface area contributed by atoms with Crippen LogP contribution in [0.3, 0.4) is 0 Å². The van der Waals surface area contributed by atoms with Crippen molar-refractivity contribution in [3.8, 4) is 11.5 Å². The van der Waals surface area contributed by atoms with E-state index in [9.17, 15) is 9.90 Å². The van der Waals surface area contributed by atoms with Crippen molar-refractivity contribution in [2.75, 3.05) is 7.05 Å². The van der Waals surface area contributed by atoms with Gasteiger partial charge in [-0.2, -0.15) is 0 Å². The van der Waals surface area contributed by atoms with Crippen molar-refractivity contribution in [3.05, 3.63) is 21.7 Å². The molecule has 0 atom stereocenters.